The summed E-state index contributed by atoms with van der Waals surface area (Å²) in [6, 6.07) is 3.63. The van der Waals surface area contributed by atoms with Gasteiger partial charge in [0.2, 0.25) is 5.88 Å². The highest BCUT2D eigenvalue weighted by Crippen LogP contribution is 2.19. The summed E-state index contributed by atoms with van der Waals surface area (Å²) < 4.78 is 5.44. The Hall–Kier alpha value is -1.29. The van der Waals surface area contributed by atoms with Crippen molar-refractivity contribution in [2.24, 2.45) is 11.8 Å². The highest BCUT2D eigenvalue weighted by Gasteiger charge is 2.03. The van der Waals surface area contributed by atoms with Crippen LogP contribution in [0.15, 0.2) is 18.3 Å². The molecule has 0 aliphatic carbocycles. The predicted octanol–water partition coefficient (Wildman–Crippen LogP) is 1.40. The molecular weight excluding hydrogens is 166 g/mol. The maximum atomic E-state index is 5.44. The minimum Gasteiger partial charge on any atom is -0.476 e. The highest BCUT2D eigenvalue weighted by molar-refractivity contribution is 5.50. The molecule has 0 aliphatic rings. The van der Waals surface area contributed by atoms with Crippen LogP contribution in [0, 0.1) is 5.92 Å². The van der Waals surface area contributed by atoms with Gasteiger partial charge in [0.1, 0.15) is 5.69 Å². The standard InChI is InChI=1S/C9H15N3O/c1-7(2)6-13-9-8(12-10)4-3-5-11-9/h3-5,7,12H,6,10H2,1-2H3. The number of nitrogens with zero attached hydrogens (tertiary/aromatic N) is 1. The number of hydrogen-bond acceptors (Lipinski definition) is 4. The van der Waals surface area contributed by atoms with Crippen LogP contribution in [0.3, 0.4) is 0 Å². The zero-order valence-corrected chi connectivity index (χ0v) is 7.95. The van der Waals surface area contributed by atoms with E-state index in [2.05, 4.69) is 24.3 Å². The van der Waals surface area contributed by atoms with Crippen LogP contribution >= 0.6 is 0 Å². The number of aromatic nitrogens is 1. The van der Waals surface area contributed by atoms with Gasteiger partial charge in [0.15, 0.2) is 0 Å². The van der Waals surface area contributed by atoms with E-state index in [0.29, 0.717) is 24.1 Å². The summed E-state index contributed by atoms with van der Waals surface area (Å²) in [4.78, 5) is 4.06. The first-order valence-electron chi connectivity index (χ1n) is 4.28. The van der Waals surface area contributed by atoms with Crippen molar-refractivity contribution in [1.82, 2.24) is 4.98 Å². The maximum absolute atomic E-state index is 5.44. The lowest BCUT2D eigenvalue weighted by Gasteiger charge is -2.10. The molecule has 0 radical (unpaired) electrons. The summed E-state index contributed by atoms with van der Waals surface area (Å²) in [5.41, 5.74) is 3.24. The minimum absolute atomic E-state index is 0.479. The molecule has 0 unspecified atom stereocenters. The Labute approximate surface area is 78.1 Å². The fourth-order valence-corrected chi connectivity index (χ4v) is 0.861. The SMILES string of the molecule is CC(C)COc1ncccc1NN. The average molecular weight is 181 g/mol. The molecule has 0 spiro atoms. The third-order valence-electron chi connectivity index (χ3n) is 1.48. The molecule has 1 rings (SSSR count). The molecule has 13 heavy (non-hydrogen) atoms. The van der Waals surface area contributed by atoms with E-state index in [9.17, 15) is 0 Å². The molecule has 1 aromatic rings. The molecule has 0 saturated heterocycles. The zero-order valence-electron chi connectivity index (χ0n) is 7.95. The number of nitrogens with two attached hydrogens (primary N) is 1. The van der Waals surface area contributed by atoms with Crippen molar-refractivity contribution < 1.29 is 4.74 Å². The van der Waals surface area contributed by atoms with Crippen LogP contribution in [0.25, 0.3) is 0 Å². The molecule has 1 heterocycles. The molecule has 0 fully saturated rings. The van der Waals surface area contributed by atoms with Crippen molar-refractivity contribution in [3.63, 3.8) is 0 Å². The van der Waals surface area contributed by atoms with Gasteiger partial charge in [-0.1, -0.05) is 13.8 Å². The molecule has 4 nitrogen and oxygen atoms in total. The summed E-state index contributed by atoms with van der Waals surface area (Å²) in [6.07, 6.45) is 1.68. The average Bonchev–Trinajstić information content (AvgIpc) is 2.15. The quantitative estimate of drug-likeness (QED) is 0.544. The Bertz CT molecular complexity index is 263. The summed E-state index contributed by atoms with van der Waals surface area (Å²) in [7, 11) is 0. The van der Waals surface area contributed by atoms with Gasteiger partial charge in [-0.3, -0.25) is 5.84 Å². The minimum atomic E-state index is 0.479. The van der Waals surface area contributed by atoms with Crippen molar-refractivity contribution in [3.05, 3.63) is 18.3 Å². The predicted molar refractivity (Wildman–Crippen MR) is 52.4 cm³/mol. The lowest BCUT2D eigenvalue weighted by Crippen LogP contribution is -2.11. The number of rotatable bonds is 4. The van der Waals surface area contributed by atoms with E-state index in [1.165, 1.54) is 0 Å². The van der Waals surface area contributed by atoms with Gasteiger partial charge in [0, 0.05) is 6.20 Å². The number of nitrogens with one attached hydrogen (secondary N) is 1. The summed E-state index contributed by atoms with van der Waals surface area (Å²) in [6.45, 7) is 4.81. The fraction of sp³-hybridized carbons (Fsp3) is 0.444. The number of hydrazine groups is 1. The Balaban J connectivity index is 2.64. The molecule has 0 atom stereocenters. The topological polar surface area (TPSA) is 60.2 Å². The van der Waals surface area contributed by atoms with Crippen LogP contribution in [0.1, 0.15) is 13.8 Å². The lowest BCUT2D eigenvalue weighted by molar-refractivity contribution is 0.262. The Morgan fingerprint density at radius 2 is 2.38 bits per heavy atom. The maximum Gasteiger partial charge on any atom is 0.238 e. The first-order valence-corrected chi connectivity index (χ1v) is 4.28. The molecular formula is C9H15N3O. The first-order chi connectivity index (χ1) is 6.24. The number of pyridine rings is 1. The lowest BCUT2D eigenvalue weighted by atomic mass is 10.2. The van der Waals surface area contributed by atoms with Gasteiger partial charge in [0.25, 0.3) is 0 Å². The second-order valence-corrected chi connectivity index (χ2v) is 3.21. The summed E-state index contributed by atoms with van der Waals surface area (Å²) in [5, 5.41) is 0. The molecule has 0 aliphatic heterocycles. The van der Waals surface area contributed by atoms with Crippen LogP contribution in [-0.4, -0.2) is 11.6 Å². The molecule has 4 heteroatoms. The number of ether oxygens (including phenoxy) is 1. The van der Waals surface area contributed by atoms with Gasteiger partial charge in [-0.2, -0.15) is 0 Å². The molecule has 0 amide bonds. The van der Waals surface area contributed by atoms with E-state index in [4.69, 9.17) is 10.6 Å². The van der Waals surface area contributed by atoms with Crippen molar-refractivity contribution in [3.8, 4) is 5.88 Å². The second kappa shape index (κ2) is 4.67. The third-order valence-corrected chi connectivity index (χ3v) is 1.48. The largest absolute Gasteiger partial charge is 0.476 e. The zero-order chi connectivity index (χ0) is 9.68. The van der Waals surface area contributed by atoms with Crippen molar-refractivity contribution in [1.29, 1.82) is 0 Å². The van der Waals surface area contributed by atoms with Crippen molar-refractivity contribution in [2.45, 2.75) is 13.8 Å². The van der Waals surface area contributed by atoms with E-state index < -0.39 is 0 Å². The third kappa shape index (κ3) is 2.91. The van der Waals surface area contributed by atoms with Crippen LogP contribution < -0.4 is 16.0 Å². The van der Waals surface area contributed by atoms with Gasteiger partial charge in [0.05, 0.1) is 6.61 Å². The van der Waals surface area contributed by atoms with E-state index in [0.717, 1.165) is 0 Å². The van der Waals surface area contributed by atoms with Gasteiger partial charge in [-0.15, -0.1) is 0 Å². The van der Waals surface area contributed by atoms with Crippen LogP contribution in [0.4, 0.5) is 5.69 Å². The van der Waals surface area contributed by atoms with Gasteiger partial charge < -0.3 is 10.2 Å². The molecule has 0 saturated carbocycles. The second-order valence-electron chi connectivity index (χ2n) is 3.21. The Kier molecular flexibility index (Phi) is 3.52. The summed E-state index contributed by atoms with van der Waals surface area (Å²) >= 11 is 0. The van der Waals surface area contributed by atoms with E-state index in [1.54, 1.807) is 12.3 Å². The molecule has 0 aromatic carbocycles. The van der Waals surface area contributed by atoms with Crippen LogP contribution in [0.2, 0.25) is 0 Å². The number of hydrogen-bond donors (Lipinski definition) is 2. The molecule has 1 aromatic heterocycles. The fourth-order valence-electron chi connectivity index (χ4n) is 0.861. The normalized spacial score (nSPS) is 10.2. The number of nitrogen functional groups attached to an aromatic ring is 1. The molecule has 0 bridgehead atoms. The first kappa shape index (κ1) is 9.80. The van der Waals surface area contributed by atoms with E-state index in [-0.39, 0.29) is 0 Å². The van der Waals surface area contributed by atoms with E-state index >= 15 is 0 Å². The molecule has 72 valence electrons. The Morgan fingerprint density at radius 1 is 1.62 bits per heavy atom. The smallest absolute Gasteiger partial charge is 0.238 e. The van der Waals surface area contributed by atoms with Gasteiger partial charge in [-0.25, -0.2) is 4.98 Å². The van der Waals surface area contributed by atoms with Crippen molar-refractivity contribution in [2.75, 3.05) is 12.0 Å². The van der Waals surface area contributed by atoms with E-state index in [1.807, 2.05) is 6.07 Å². The number of anilines is 1. The van der Waals surface area contributed by atoms with Crippen LogP contribution in [-0.2, 0) is 0 Å². The molecule has 3 N–H and O–H groups in total. The monoisotopic (exact) mass is 181 g/mol. The Morgan fingerprint density at radius 3 is 3.00 bits per heavy atom. The van der Waals surface area contributed by atoms with Gasteiger partial charge in [-0.05, 0) is 18.1 Å². The summed E-state index contributed by atoms with van der Waals surface area (Å²) in [5.74, 6) is 6.32. The van der Waals surface area contributed by atoms with Crippen LogP contribution in [0.5, 0.6) is 5.88 Å². The van der Waals surface area contributed by atoms with Crippen molar-refractivity contribution >= 4 is 5.69 Å². The highest BCUT2D eigenvalue weighted by atomic mass is 16.5. The van der Waals surface area contributed by atoms with Gasteiger partial charge >= 0.3 is 0 Å².